The van der Waals surface area contributed by atoms with Crippen LogP contribution in [0.25, 0.3) is 0 Å². The smallest absolute Gasteiger partial charge is 0.0597 e. The Morgan fingerprint density at radius 3 is 2.25 bits per heavy atom. The van der Waals surface area contributed by atoms with Crippen molar-refractivity contribution in [2.45, 2.75) is 32.4 Å². The monoisotopic (exact) mass is 172 g/mol. The Morgan fingerprint density at radius 2 is 1.83 bits per heavy atom. The van der Waals surface area contributed by atoms with Gasteiger partial charge in [0.2, 0.25) is 0 Å². The molecule has 0 radical (unpaired) electrons. The standard InChI is InChI=1S/C9H20N2O/c1-7(2)3-8-4-11-9(6-12)5-10-8/h7-12H,3-6H2,1-2H3/t8-,9+/m0/s1. The zero-order valence-corrected chi connectivity index (χ0v) is 8.01. The van der Waals surface area contributed by atoms with Crippen molar-refractivity contribution >= 4 is 0 Å². The predicted octanol–water partition coefficient (Wildman–Crippen LogP) is -0.0452. The molecule has 0 spiro atoms. The molecule has 1 aliphatic rings. The lowest BCUT2D eigenvalue weighted by Gasteiger charge is -2.31. The van der Waals surface area contributed by atoms with Crippen LogP contribution in [0.1, 0.15) is 20.3 Å². The lowest BCUT2D eigenvalue weighted by molar-refractivity contribution is 0.206. The third-order valence-corrected chi connectivity index (χ3v) is 2.28. The molecule has 0 aromatic rings. The van der Waals surface area contributed by atoms with Crippen molar-refractivity contribution in [3.8, 4) is 0 Å². The van der Waals surface area contributed by atoms with E-state index in [0.717, 1.165) is 19.0 Å². The van der Waals surface area contributed by atoms with Crippen LogP contribution in [0, 0.1) is 5.92 Å². The third kappa shape index (κ3) is 3.09. The van der Waals surface area contributed by atoms with Gasteiger partial charge in [0, 0.05) is 25.2 Å². The molecule has 0 aromatic carbocycles. The summed E-state index contributed by atoms with van der Waals surface area (Å²) in [6, 6.07) is 0.848. The van der Waals surface area contributed by atoms with Gasteiger partial charge in [0.15, 0.2) is 0 Å². The summed E-state index contributed by atoms with van der Waals surface area (Å²) in [5.74, 6) is 0.745. The van der Waals surface area contributed by atoms with E-state index in [1.54, 1.807) is 0 Å². The van der Waals surface area contributed by atoms with Crippen LogP contribution in [0.3, 0.4) is 0 Å². The first-order valence-corrected chi connectivity index (χ1v) is 4.80. The zero-order valence-electron chi connectivity index (χ0n) is 8.01. The molecular weight excluding hydrogens is 152 g/mol. The summed E-state index contributed by atoms with van der Waals surface area (Å²) < 4.78 is 0. The molecule has 3 N–H and O–H groups in total. The predicted molar refractivity (Wildman–Crippen MR) is 50.1 cm³/mol. The molecule has 1 saturated heterocycles. The lowest BCUT2D eigenvalue weighted by Crippen LogP contribution is -2.55. The van der Waals surface area contributed by atoms with Gasteiger partial charge in [-0.1, -0.05) is 13.8 Å². The number of rotatable bonds is 3. The highest BCUT2D eigenvalue weighted by molar-refractivity contribution is 4.82. The molecule has 0 amide bonds. The van der Waals surface area contributed by atoms with Gasteiger partial charge in [0.1, 0.15) is 0 Å². The third-order valence-electron chi connectivity index (χ3n) is 2.28. The second-order valence-corrected chi connectivity index (χ2v) is 4.02. The normalized spacial score (nSPS) is 31.0. The van der Waals surface area contributed by atoms with Gasteiger partial charge >= 0.3 is 0 Å². The molecule has 1 heterocycles. The molecule has 1 aliphatic heterocycles. The Kier molecular flexibility index (Phi) is 3.98. The Hall–Kier alpha value is -0.120. The van der Waals surface area contributed by atoms with E-state index < -0.39 is 0 Å². The van der Waals surface area contributed by atoms with E-state index in [1.165, 1.54) is 6.42 Å². The molecule has 0 aromatic heterocycles. The van der Waals surface area contributed by atoms with Gasteiger partial charge in [-0.15, -0.1) is 0 Å². The van der Waals surface area contributed by atoms with E-state index in [1.807, 2.05) is 0 Å². The molecule has 2 atom stereocenters. The summed E-state index contributed by atoms with van der Waals surface area (Å²) in [5, 5.41) is 15.6. The van der Waals surface area contributed by atoms with E-state index in [-0.39, 0.29) is 12.6 Å². The number of hydrogen-bond donors (Lipinski definition) is 3. The van der Waals surface area contributed by atoms with Crippen molar-refractivity contribution in [3.05, 3.63) is 0 Å². The fourth-order valence-corrected chi connectivity index (χ4v) is 1.63. The molecule has 3 nitrogen and oxygen atoms in total. The van der Waals surface area contributed by atoms with Crippen molar-refractivity contribution in [3.63, 3.8) is 0 Å². The van der Waals surface area contributed by atoms with Gasteiger partial charge in [-0.25, -0.2) is 0 Å². The first-order valence-electron chi connectivity index (χ1n) is 4.80. The first-order chi connectivity index (χ1) is 5.72. The van der Waals surface area contributed by atoms with Gasteiger partial charge in [0.05, 0.1) is 6.61 Å². The fourth-order valence-electron chi connectivity index (χ4n) is 1.63. The van der Waals surface area contributed by atoms with Gasteiger partial charge in [-0.05, 0) is 12.3 Å². The zero-order chi connectivity index (χ0) is 8.97. The van der Waals surface area contributed by atoms with Crippen LogP contribution in [-0.4, -0.2) is 36.9 Å². The summed E-state index contributed by atoms with van der Waals surface area (Å²) in [7, 11) is 0. The second kappa shape index (κ2) is 4.80. The Bertz CT molecular complexity index is 120. The van der Waals surface area contributed by atoms with Crippen LogP contribution in [-0.2, 0) is 0 Å². The molecule has 12 heavy (non-hydrogen) atoms. The second-order valence-electron chi connectivity index (χ2n) is 4.02. The average molecular weight is 172 g/mol. The van der Waals surface area contributed by atoms with Crippen molar-refractivity contribution in [2.24, 2.45) is 5.92 Å². The number of aliphatic hydroxyl groups is 1. The van der Waals surface area contributed by atoms with Gasteiger partial charge in [-0.3, -0.25) is 0 Å². The topological polar surface area (TPSA) is 44.3 Å². The molecular formula is C9H20N2O. The molecule has 0 aliphatic carbocycles. The summed E-state index contributed by atoms with van der Waals surface area (Å²) in [6.07, 6.45) is 1.21. The summed E-state index contributed by atoms with van der Waals surface area (Å²) in [4.78, 5) is 0. The largest absolute Gasteiger partial charge is 0.395 e. The van der Waals surface area contributed by atoms with Crippen LogP contribution in [0.4, 0.5) is 0 Å². The van der Waals surface area contributed by atoms with Crippen molar-refractivity contribution in [1.82, 2.24) is 10.6 Å². The Morgan fingerprint density at radius 1 is 1.25 bits per heavy atom. The Balaban J connectivity index is 2.17. The molecule has 0 unspecified atom stereocenters. The summed E-state index contributed by atoms with van der Waals surface area (Å²) >= 11 is 0. The van der Waals surface area contributed by atoms with E-state index in [4.69, 9.17) is 5.11 Å². The number of piperazine rings is 1. The molecule has 0 bridgehead atoms. The molecule has 3 heteroatoms. The minimum Gasteiger partial charge on any atom is -0.395 e. The van der Waals surface area contributed by atoms with Crippen LogP contribution in [0.5, 0.6) is 0 Å². The van der Waals surface area contributed by atoms with Crippen LogP contribution in [0.2, 0.25) is 0 Å². The first kappa shape index (κ1) is 9.96. The number of aliphatic hydroxyl groups excluding tert-OH is 1. The maximum absolute atomic E-state index is 8.86. The van der Waals surface area contributed by atoms with E-state index in [0.29, 0.717) is 6.04 Å². The van der Waals surface area contributed by atoms with Crippen molar-refractivity contribution in [2.75, 3.05) is 19.7 Å². The SMILES string of the molecule is CC(C)C[C@H]1CN[C@@H](CO)CN1. The fraction of sp³-hybridized carbons (Fsp3) is 1.00. The van der Waals surface area contributed by atoms with Crippen LogP contribution >= 0.6 is 0 Å². The molecule has 72 valence electrons. The maximum atomic E-state index is 8.86. The summed E-state index contributed by atoms with van der Waals surface area (Å²) in [5.41, 5.74) is 0. The average Bonchev–Trinajstić information content (AvgIpc) is 2.05. The molecule has 0 saturated carbocycles. The highest BCUT2D eigenvalue weighted by Crippen LogP contribution is 2.06. The summed E-state index contributed by atoms with van der Waals surface area (Å²) in [6.45, 7) is 6.60. The Labute approximate surface area is 74.5 Å². The van der Waals surface area contributed by atoms with Crippen LogP contribution < -0.4 is 10.6 Å². The number of hydrogen-bond acceptors (Lipinski definition) is 3. The van der Waals surface area contributed by atoms with E-state index >= 15 is 0 Å². The van der Waals surface area contributed by atoms with Crippen LogP contribution in [0.15, 0.2) is 0 Å². The highest BCUT2D eigenvalue weighted by atomic mass is 16.3. The quantitative estimate of drug-likeness (QED) is 0.559. The highest BCUT2D eigenvalue weighted by Gasteiger charge is 2.19. The van der Waals surface area contributed by atoms with Gasteiger partial charge in [-0.2, -0.15) is 0 Å². The van der Waals surface area contributed by atoms with Crippen molar-refractivity contribution < 1.29 is 5.11 Å². The minimum atomic E-state index is 0.237. The molecule has 1 rings (SSSR count). The molecule has 1 fully saturated rings. The van der Waals surface area contributed by atoms with Gasteiger partial charge < -0.3 is 15.7 Å². The van der Waals surface area contributed by atoms with Gasteiger partial charge in [0.25, 0.3) is 0 Å². The van der Waals surface area contributed by atoms with E-state index in [9.17, 15) is 0 Å². The van der Waals surface area contributed by atoms with Crippen molar-refractivity contribution in [1.29, 1.82) is 0 Å². The minimum absolute atomic E-state index is 0.237. The number of nitrogens with one attached hydrogen (secondary N) is 2. The lowest BCUT2D eigenvalue weighted by atomic mass is 10.0. The van der Waals surface area contributed by atoms with E-state index in [2.05, 4.69) is 24.5 Å². The maximum Gasteiger partial charge on any atom is 0.0597 e.